The zero-order chi connectivity index (χ0) is 18.2. The Kier molecular flexibility index (Phi) is 4.61. The molecule has 6 nitrogen and oxygen atoms in total. The third-order valence-electron chi connectivity index (χ3n) is 3.52. The van der Waals surface area contributed by atoms with E-state index < -0.39 is 11.7 Å². The van der Waals surface area contributed by atoms with E-state index in [4.69, 9.17) is 16.3 Å². The molecule has 3 aromatic rings. The van der Waals surface area contributed by atoms with Gasteiger partial charge in [-0.2, -0.15) is 27.8 Å². The van der Waals surface area contributed by atoms with Gasteiger partial charge in [0.2, 0.25) is 0 Å². The third kappa shape index (κ3) is 3.42. The van der Waals surface area contributed by atoms with Crippen LogP contribution in [-0.2, 0) is 10.9 Å². The van der Waals surface area contributed by atoms with Crippen molar-refractivity contribution in [1.29, 1.82) is 0 Å². The van der Waals surface area contributed by atoms with Gasteiger partial charge in [-0.1, -0.05) is 11.6 Å². The molecule has 132 valence electrons. The Morgan fingerprint density at radius 2 is 2.04 bits per heavy atom. The molecule has 25 heavy (non-hydrogen) atoms. The van der Waals surface area contributed by atoms with Crippen molar-refractivity contribution in [1.82, 2.24) is 24.6 Å². The molecule has 0 radical (unpaired) electrons. The highest BCUT2D eigenvalue weighted by Gasteiger charge is 2.32. The second kappa shape index (κ2) is 6.57. The van der Waals surface area contributed by atoms with Crippen LogP contribution in [0.5, 0.6) is 0 Å². The van der Waals surface area contributed by atoms with Crippen molar-refractivity contribution in [3.63, 3.8) is 0 Å². The molecule has 0 spiro atoms. The number of aromatic nitrogens is 5. The first-order valence-corrected chi connectivity index (χ1v) is 7.74. The molecule has 10 heteroatoms. The molecular weight excluding hydrogens is 359 g/mol. The largest absolute Gasteiger partial charge is 0.417 e. The smallest absolute Gasteiger partial charge is 0.372 e. The summed E-state index contributed by atoms with van der Waals surface area (Å²) >= 11 is 6.05. The summed E-state index contributed by atoms with van der Waals surface area (Å²) in [6.45, 7) is 4.14. The van der Waals surface area contributed by atoms with Crippen LogP contribution < -0.4 is 0 Å². The molecule has 0 saturated carbocycles. The molecule has 0 aromatic carbocycles. The van der Waals surface area contributed by atoms with Crippen LogP contribution in [0.1, 0.15) is 31.2 Å². The zero-order valence-corrected chi connectivity index (χ0v) is 14.0. The summed E-state index contributed by atoms with van der Waals surface area (Å²) in [6.07, 6.45) is -2.83. The molecule has 0 bridgehead atoms. The van der Waals surface area contributed by atoms with Crippen molar-refractivity contribution >= 4 is 17.4 Å². The van der Waals surface area contributed by atoms with Gasteiger partial charge < -0.3 is 4.74 Å². The van der Waals surface area contributed by atoms with E-state index in [0.29, 0.717) is 18.0 Å². The van der Waals surface area contributed by atoms with Crippen LogP contribution in [0.3, 0.4) is 0 Å². The van der Waals surface area contributed by atoms with Crippen molar-refractivity contribution in [3.05, 3.63) is 40.9 Å². The Labute approximate surface area is 145 Å². The van der Waals surface area contributed by atoms with Gasteiger partial charge in [0.25, 0.3) is 5.78 Å². The lowest BCUT2D eigenvalue weighted by Crippen LogP contribution is -2.09. The maximum atomic E-state index is 12.8. The summed E-state index contributed by atoms with van der Waals surface area (Å²) in [5.41, 5.74) is 0.156. The summed E-state index contributed by atoms with van der Waals surface area (Å²) in [5.74, 6) is 0.275. The van der Waals surface area contributed by atoms with Crippen LogP contribution >= 0.6 is 11.6 Å². The summed E-state index contributed by atoms with van der Waals surface area (Å²) in [4.78, 5) is 12.3. The highest BCUT2D eigenvalue weighted by molar-refractivity contribution is 6.33. The first kappa shape index (κ1) is 17.6. The molecule has 0 N–H and O–H groups in total. The second-order valence-corrected chi connectivity index (χ2v) is 5.60. The Bertz CT molecular complexity index is 912. The van der Waals surface area contributed by atoms with Crippen LogP contribution in [0.15, 0.2) is 24.7 Å². The number of hydrogen-bond donors (Lipinski definition) is 0. The molecule has 0 amide bonds. The van der Waals surface area contributed by atoms with Crippen LogP contribution in [0.2, 0.25) is 5.02 Å². The Balaban J connectivity index is 2.16. The normalized spacial score (nSPS) is 13.4. The van der Waals surface area contributed by atoms with Crippen molar-refractivity contribution < 1.29 is 17.9 Å². The lowest BCUT2D eigenvalue weighted by atomic mass is 10.1. The fraction of sp³-hybridized carbons (Fsp3) is 0.333. The van der Waals surface area contributed by atoms with Gasteiger partial charge in [0.15, 0.2) is 0 Å². The van der Waals surface area contributed by atoms with Crippen molar-refractivity contribution in [3.8, 4) is 11.4 Å². The predicted molar refractivity (Wildman–Crippen MR) is 84.1 cm³/mol. The predicted octanol–water partition coefficient (Wildman–Crippen LogP) is 3.96. The summed E-state index contributed by atoms with van der Waals surface area (Å²) < 4.78 is 45.3. The lowest BCUT2D eigenvalue weighted by Gasteiger charge is -2.14. The van der Waals surface area contributed by atoms with Crippen LogP contribution in [0.25, 0.3) is 17.2 Å². The van der Waals surface area contributed by atoms with E-state index in [-0.39, 0.29) is 22.6 Å². The number of pyridine rings is 1. The van der Waals surface area contributed by atoms with E-state index in [1.807, 2.05) is 13.8 Å². The van der Waals surface area contributed by atoms with E-state index in [1.54, 1.807) is 6.07 Å². The van der Waals surface area contributed by atoms with Crippen LogP contribution in [-0.4, -0.2) is 31.2 Å². The SMILES string of the molecule is CCOC(C)c1cc(-c2ncc(C(F)(F)F)cc2Cl)n2ncnc2n1. The average Bonchev–Trinajstić information content (AvgIpc) is 3.02. The molecular formula is C15H13ClF3N5O. The monoisotopic (exact) mass is 371 g/mol. The van der Waals surface area contributed by atoms with E-state index in [9.17, 15) is 13.2 Å². The van der Waals surface area contributed by atoms with E-state index in [0.717, 1.165) is 12.3 Å². The summed E-state index contributed by atoms with van der Waals surface area (Å²) in [5, 5.41) is 3.89. The quantitative estimate of drug-likeness (QED) is 0.694. The zero-order valence-electron chi connectivity index (χ0n) is 13.3. The minimum absolute atomic E-state index is 0.146. The fourth-order valence-corrected chi connectivity index (χ4v) is 2.59. The molecule has 3 rings (SSSR count). The number of rotatable bonds is 4. The van der Waals surface area contributed by atoms with Crippen LogP contribution in [0, 0.1) is 0 Å². The van der Waals surface area contributed by atoms with E-state index in [2.05, 4.69) is 20.1 Å². The van der Waals surface area contributed by atoms with Gasteiger partial charge in [-0.05, 0) is 26.0 Å². The number of ether oxygens (including phenoxy) is 1. The number of alkyl halides is 3. The van der Waals surface area contributed by atoms with Crippen molar-refractivity contribution in [2.45, 2.75) is 26.1 Å². The van der Waals surface area contributed by atoms with Gasteiger partial charge in [-0.15, -0.1) is 0 Å². The minimum atomic E-state index is -4.52. The molecule has 3 aromatic heterocycles. The molecule has 0 aliphatic carbocycles. The van der Waals surface area contributed by atoms with E-state index in [1.165, 1.54) is 10.8 Å². The fourth-order valence-electron chi connectivity index (χ4n) is 2.32. The second-order valence-electron chi connectivity index (χ2n) is 5.19. The average molecular weight is 372 g/mol. The summed E-state index contributed by atoms with van der Waals surface area (Å²) in [6, 6.07) is 2.46. The van der Waals surface area contributed by atoms with Crippen molar-refractivity contribution in [2.24, 2.45) is 0 Å². The maximum Gasteiger partial charge on any atom is 0.417 e. The first-order chi connectivity index (χ1) is 11.8. The highest BCUT2D eigenvalue weighted by atomic mass is 35.5. The molecule has 0 aliphatic rings. The Morgan fingerprint density at radius 3 is 2.68 bits per heavy atom. The van der Waals surface area contributed by atoms with Gasteiger partial charge in [-0.3, -0.25) is 4.98 Å². The number of halogens is 4. The van der Waals surface area contributed by atoms with Gasteiger partial charge in [0, 0.05) is 12.8 Å². The minimum Gasteiger partial charge on any atom is -0.372 e. The molecule has 0 aliphatic heterocycles. The van der Waals surface area contributed by atoms with Crippen molar-refractivity contribution in [2.75, 3.05) is 6.61 Å². The molecule has 1 unspecified atom stereocenters. The lowest BCUT2D eigenvalue weighted by molar-refractivity contribution is -0.137. The van der Waals surface area contributed by atoms with Gasteiger partial charge in [-0.25, -0.2) is 4.98 Å². The van der Waals surface area contributed by atoms with E-state index >= 15 is 0 Å². The highest BCUT2D eigenvalue weighted by Crippen LogP contribution is 2.34. The number of nitrogens with zero attached hydrogens (tertiary/aromatic N) is 5. The number of hydrogen-bond acceptors (Lipinski definition) is 5. The number of fused-ring (bicyclic) bond motifs is 1. The molecule has 3 heterocycles. The molecule has 0 fully saturated rings. The van der Waals surface area contributed by atoms with Gasteiger partial charge in [0.1, 0.15) is 12.0 Å². The standard InChI is InChI=1S/C15H13ClF3N5O/c1-3-25-8(2)11-5-12(24-14(23-11)21-7-22-24)13-10(16)4-9(6-20-13)15(17,18)19/h4-8H,3H2,1-2H3. The van der Waals surface area contributed by atoms with Gasteiger partial charge in [0.05, 0.1) is 28.1 Å². The topological polar surface area (TPSA) is 65.2 Å². The first-order valence-electron chi connectivity index (χ1n) is 7.36. The Hall–Kier alpha value is -2.26. The van der Waals surface area contributed by atoms with Gasteiger partial charge >= 0.3 is 6.18 Å². The summed E-state index contributed by atoms with van der Waals surface area (Å²) in [7, 11) is 0. The third-order valence-corrected chi connectivity index (χ3v) is 3.80. The Morgan fingerprint density at radius 1 is 1.28 bits per heavy atom. The van der Waals surface area contributed by atoms with Crippen LogP contribution in [0.4, 0.5) is 13.2 Å². The molecule has 0 saturated heterocycles. The molecule has 1 atom stereocenters. The maximum absolute atomic E-state index is 12.8.